The van der Waals surface area contributed by atoms with E-state index in [2.05, 4.69) is 38.1 Å². The zero-order valence-electron chi connectivity index (χ0n) is 12.4. The number of carbonyl (C=O) groups is 1. The predicted molar refractivity (Wildman–Crippen MR) is 79.1 cm³/mol. The lowest BCUT2D eigenvalue weighted by atomic mass is 10.0. The van der Waals surface area contributed by atoms with Crippen molar-refractivity contribution in [2.45, 2.75) is 65.4 Å². The highest BCUT2D eigenvalue weighted by molar-refractivity contribution is 5.66. The van der Waals surface area contributed by atoms with E-state index in [9.17, 15) is 4.79 Å². The van der Waals surface area contributed by atoms with Gasteiger partial charge in [0.25, 0.3) is 0 Å². The molecule has 0 fully saturated rings. The molecule has 0 aliphatic rings. The summed E-state index contributed by atoms with van der Waals surface area (Å²) in [6.07, 6.45) is 6.67. The molecule has 1 unspecified atom stereocenters. The van der Waals surface area contributed by atoms with Gasteiger partial charge in [0.05, 0.1) is 0 Å². The van der Waals surface area contributed by atoms with Crippen LogP contribution < -0.4 is 0 Å². The van der Waals surface area contributed by atoms with Gasteiger partial charge in [0.15, 0.2) is 0 Å². The Morgan fingerprint density at radius 2 is 1.79 bits per heavy atom. The summed E-state index contributed by atoms with van der Waals surface area (Å²) >= 11 is 0. The first-order chi connectivity index (χ1) is 9.17. The largest absolute Gasteiger partial charge is 0.458 e. The fourth-order valence-electron chi connectivity index (χ4n) is 2.22. The summed E-state index contributed by atoms with van der Waals surface area (Å²) in [4.78, 5) is 11.2. The zero-order valence-corrected chi connectivity index (χ0v) is 12.4. The molecule has 0 saturated carbocycles. The van der Waals surface area contributed by atoms with Crippen LogP contribution in [0.15, 0.2) is 24.3 Å². The van der Waals surface area contributed by atoms with Crippen molar-refractivity contribution >= 4 is 5.97 Å². The van der Waals surface area contributed by atoms with Gasteiger partial charge in [-0.1, -0.05) is 57.4 Å². The second kappa shape index (κ2) is 8.73. The maximum Gasteiger partial charge on any atom is 0.303 e. The van der Waals surface area contributed by atoms with Crippen molar-refractivity contribution in [2.24, 2.45) is 0 Å². The number of hydrogen-bond donors (Lipinski definition) is 0. The minimum absolute atomic E-state index is 0.0831. The topological polar surface area (TPSA) is 26.3 Å². The summed E-state index contributed by atoms with van der Waals surface area (Å²) in [7, 11) is 0. The monoisotopic (exact) mass is 262 g/mol. The Bertz CT molecular complexity index is 367. The smallest absolute Gasteiger partial charge is 0.303 e. The van der Waals surface area contributed by atoms with Gasteiger partial charge in [0.2, 0.25) is 0 Å². The van der Waals surface area contributed by atoms with E-state index in [1.807, 2.05) is 0 Å². The second-order valence-electron chi connectivity index (χ2n) is 5.04. The summed E-state index contributed by atoms with van der Waals surface area (Å²) in [6, 6.07) is 8.42. The van der Waals surface area contributed by atoms with Crippen molar-refractivity contribution < 1.29 is 9.53 Å². The summed E-state index contributed by atoms with van der Waals surface area (Å²) in [5, 5.41) is 0. The molecule has 0 bridgehead atoms. The van der Waals surface area contributed by atoms with E-state index in [-0.39, 0.29) is 12.1 Å². The first kappa shape index (κ1) is 15.7. The standard InChI is InChI=1S/C17H26O2/c1-4-6-7-8-9-17(19-14(3)18)16-12-10-15(5-2)11-13-16/h10-13,17H,4-9H2,1-3H3. The number of carbonyl (C=O) groups excluding carboxylic acids is 1. The lowest BCUT2D eigenvalue weighted by Gasteiger charge is -2.17. The maximum atomic E-state index is 11.2. The van der Waals surface area contributed by atoms with Gasteiger partial charge < -0.3 is 4.74 Å². The number of hydrogen-bond acceptors (Lipinski definition) is 2. The van der Waals surface area contributed by atoms with Crippen molar-refractivity contribution in [3.8, 4) is 0 Å². The van der Waals surface area contributed by atoms with Crippen LogP contribution in [0.4, 0.5) is 0 Å². The molecule has 0 aliphatic heterocycles. The van der Waals surface area contributed by atoms with Crippen LogP contribution in [0.25, 0.3) is 0 Å². The van der Waals surface area contributed by atoms with E-state index in [0.29, 0.717) is 0 Å². The highest BCUT2D eigenvalue weighted by Gasteiger charge is 2.14. The van der Waals surface area contributed by atoms with E-state index >= 15 is 0 Å². The molecule has 0 heterocycles. The molecule has 1 atom stereocenters. The van der Waals surface area contributed by atoms with Crippen LogP contribution in [0, 0.1) is 0 Å². The number of ether oxygens (including phenoxy) is 1. The maximum absolute atomic E-state index is 11.2. The molecule has 0 aliphatic carbocycles. The predicted octanol–water partition coefficient (Wildman–Crippen LogP) is 4.82. The number of unbranched alkanes of at least 4 members (excludes halogenated alkanes) is 3. The van der Waals surface area contributed by atoms with Crippen LogP contribution in [-0.2, 0) is 16.0 Å². The van der Waals surface area contributed by atoms with E-state index in [1.54, 1.807) is 0 Å². The molecule has 1 aromatic carbocycles. The van der Waals surface area contributed by atoms with Gasteiger partial charge in [-0.2, -0.15) is 0 Å². The molecule has 2 nitrogen and oxygen atoms in total. The Hall–Kier alpha value is -1.31. The number of aryl methyl sites for hydroxylation is 1. The number of benzene rings is 1. The van der Waals surface area contributed by atoms with Gasteiger partial charge in [-0.3, -0.25) is 4.79 Å². The third kappa shape index (κ3) is 5.91. The molecule has 19 heavy (non-hydrogen) atoms. The van der Waals surface area contributed by atoms with Gasteiger partial charge in [-0.15, -0.1) is 0 Å². The number of esters is 1. The van der Waals surface area contributed by atoms with Crippen molar-refractivity contribution in [3.05, 3.63) is 35.4 Å². The Balaban J connectivity index is 2.63. The summed E-state index contributed by atoms with van der Waals surface area (Å²) in [5.41, 5.74) is 2.43. The quantitative estimate of drug-likeness (QED) is 0.496. The molecule has 0 aromatic heterocycles. The summed E-state index contributed by atoms with van der Waals surface area (Å²) < 4.78 is 5.45. The van der Waals surface area contributed by atoms with E-state index < -0.39 is 0 Å². The normalized spacial score (nSPS) is 12.2. The molecule has 106 valence electrons. The zero-order chi connectivity index (χ0) is 14.1. The van der Waals surface area contributed by atoms with Gasteiger partial charge in [0.1, 0.15) is 6.10 Å². The Morgan fingerprint density at radius 1 is 1.11 bits per heavy atom. The number of rotatable bonds is 8. The third-order valence-electron chi connectivity index (χ3n) is 3.39. The fourth-order valence-corrected chi connectivity index (χ4v) is 2.22. The van der Waals surface area contributed by atoms with E-state index in [1.165, 1.54) is 31.7 Å². The highest BCUT2D eigenvalue weighted by atomic mass is 16.5. The van der Waals surface area contributed by atoms with Crippen LogP contribution in [0.1, 0.15) is 70.1 Å². The van der Waals surface area contributed by atoms with Crippen molar-refractivity contribution in [2.75, 3.05) is 0 Å². The Labute approximate surface area is 117 Å². The van der Waals surface area contributed by atoms with Crippen LogP contribution in [0.2, 0.25) is 0 Å². The van der Waals surface area contributed by atoms with Crippen molar-refractivity contribution in [3.63, 3.8) is 0 Å². The SMILES string of the molecule is CCCCCCC(OC(C)=O)c1ccc(CC)cc1. The molecule has 2 heteroatoms. The average Bonchev–Trinajstić information content (AvgIpc) is 2.42. The van der Waals surface area contributed by atoms with Gasteiger partial charge in [0, 0.05) is 6.92 Å². The molecule has 1 rings (SSSR count). The fraction of sp³-hybridized carbons (Fsp3) is 0.588. The van der Waals surface area contributed by atoms with Crippen LogP contribution >= 0.6 is 0 Å². The van der Waals surface area contributed by atoms with Crippen LogP contribution in [0.3, 0.4) is 0 Å². The van der Waals surface area contributed by atoms with E-state index in [0.717, 1.165) is 24.8 Å². The molecule has 0 spiro atoms. The highest BCUT2D eigenvalue weighted by Crippen LogP contribution is 2.25. The Morgan fingerprint density at radius 3 is 2.32 bits per heavy atom. The third-order valence-corrected chi connectivity index (χ3v) is 3.39. The van der Waals surface area contributed by atoms with E-state index in [4.69, 9.17) is 4.74 Å². The van der Waals surface area contributed by atoms with Crippen LogP contribution in [0.5, 0.6) is 0 Å². The first-order valence-corrected chi connectivity index (χ1v) is 7.43. The lowest BCUT2D eigenvalue weighted by Crippen LogP contribution is -2.08. The molecule has 0 radical (unpaired) electrons. The summed E-state index contributed by atoms with van der Waals surface area (Å²) in [5.74, 6) is -0.194. The summed E-state index contributed by atoms with van der Waals surface area (Å²) in [6.45, 7) is 5.83. The van der Waals surface area contributed by atoms with Crippen molar-refractivity contribution in [1.82, 2.24) is 0 Å². The Kier molecular flexibility index (Phi) is 7.24. The average molecular weight is 262 g/mol. The van der Waals surface area contributed by atoms with Gasteiger partial charge in [-0.25, -0.2) is 0 Å². The lowest BCUT2D eigenvalue weighted by molar-refractivity contribution is -0.147. The first-order valence-electron chi connectivity index (χ1n) is 7.43. The molecule has 0 saturated heterocycles. The van der Waals surface area contributed by atoms with Gasteiger partial charge >= 0.3 is 5.97 Å². The molecule has 0 amide bonds. The molecule has 1 aromatic rings. The van der Waals surface area contributed by atoms with Crippen LogP contribution in [-0.4, -0.2) is 5.97 Å². The van der Waals surface area contributed by atoms with Gasteiger partial charge in [-0.05, 0) is 30.4 Å². The van der Waals surface area contributed by atoms with Crippen molar-refractivity contribution in [1.29, 1.82) is 0 Å². The molecule has 0 N–H and O–H groups in total. The molecular formula is C17H26O2. The minimum Gasteiger partial charge on any atom is -0.458 e. The molecular weight excluding hydrogens is 236 g/mol. The second-order valence-corrected chi connectivity index (χ2v) is 5.04. The minimum atomic E-state index is -0.194.